The molecule has 0 radical (unpaired) electrons. The van der Waals surface area contributed by atoms with E-state index in [1.807, 2.05) is 24.3 Å². The maximum Gasteiger partial charge on any atom is 0.129 e. The SMILES string of the molecule is NNC(Cc1c(F)cccc1F)c1ccc(Br)cc1. The van der Waals surface area contributed by atoms with E-state index in [4.69, 9.17) is 5.84 Å². The Kier molecular flexibility index (Phi) is 4.63. The number of hydrogen-bond acceptors (Lipinski definition) is 2. The molecule has 0 heterocycles. The van der Waals surface area contributed by atoms with E-state index < -0.39 is 11.6 Å². The molecule has 2 nitrogen and oxygen atoms in total. The Hall–Kier alpha value is -1.30. The minimum atomic E-state index is -0.558. The number of hydrogen-bond donors (Lipinski definition) is 2. The highest BCUT2D eigenvalue weighted by Crippen LogP contribution is 2.23. The van der Waals surface area contributed by atoms with Crippen molar-refractivity contribution in [2.45, 2.75) is 12.5 Å². The molecule has 0 amide bonds. The molecule has 5 heteroatoms. The van der Waals surface area contributed by atoms with Gasteiger partial charge in [-0.2, -0.15) is 0 Å². The molecule has 0 aromatic heterocycles. The molecular formula is C14H13BrF2N2. The third-order valence-corrected chi connectivity index (χ3v) is 3.47. The zero-order chi connectivity index (χ0) is 13.8. The van der Waals surface area contributed by atoms with Crippen LogP contribution in [0, 0.1) is 11.6 Å². The molecule has 19 heavy (non-hydrogen) atoms. The molecule has 2 aromatic rings. The van der Waals surface area contributed by atoms with Gasteiger partial charge in [0, 0.05) is 10.0 Å². The quantitative estimate of drug-likeness (QED) is 0.667. The van der Waals surface area contributed by atoms with Crippen LogP contribution >= 0.6 is 15.9 Å². The van der Waals surface area contributed by atoms with Gasteiger partial charge in [0.15, 0.2) is 0 Å². The number of benzene rings is 2. The summed E-state index contributed by atoms with van der Waals surface area (Å²) in [6.07, 6.45) is 0.149. The molecule has 0 aliphatic heterocycles. The van der Waals surface area contributed by atoms with Crippen molar-refractivity contribution in [3.05, 3.63) is 69.7 Å². The Morgan fingerprint density at radius 1 is 1.05 bits per heavy atom. The van der Waals surface area contributed by atoms with Gasteiger partial charge in [0.05, 0.1) is 6.04 Å². The van der Waals surface area contributed by atoms with Crippen molar-refractivity contribution in [1.29, 1.82) is 0 Å². The number of nitrogens with one attached hydrogen (secondary N) is 1. The van der Waals surface area contributed by atoms with Crippen LogP contribution in [0.25, 0.3) is 0 Å². The molecule has 0 fully saturated rings. The molecule has 0 bridgehead atoms. The van der Waals surface area contributed by atoms with Crippen LogP contribution in [0.5, 0.6) is 0 Å². The summed E-state index contributed by atoms with van der Waals surface area (Å²) in [5.74, 6) is 4.37. The Balaban J connectivity index is 2.26. The fourth-order valence-corrected chi connectivity index (χ4v) is 2.16. The molecule has 1 unspecified atom stereocenters. The zero-order valence-electron chi connectivity index (χ0n) is 10.0. The van der Waals surface area contributed by atoms with Crippen molar-refractivity contribution in [2.75, 3.05) is 0 Å². The molecule has 3 N–H and O–H groups in total. The van der Waals surface area contributed by atoms with Crippen LogP contribution in [0.1, 0.15) is 17.2 Å². The number of nitrogens with two attached hydrogens (primary N) is 1. The summed E-state index contributed by atoms with van der Waals surface area (Å²) in [5.41, 5.74) is 3.50. The topological polar surface area (TPSA) is 38.0 Å². The molecule has 0 saturated carbocycles. The first-order chi connectivity index (χ1) is 9.11. The minimum absolute atomic E-state index is 0.0355. The van der Waals surface area contributed by atoms with Crippen LogP contribution in [0.2, 0.25) is 0 Å². The molecule has 0 saturated heterocycles. The van der Waals surface area contributed by atoms with Gasteiger partial charge in [-0.25, -0.2) is 8.78 Å². The van der Waals surface area contributed by atoms with E-state index in [1.165, 1.54) is 18.2 Å². The van der Waals surface area contributed by atoms with Gasteiger partial charge in [0.1, 0.15) is 11.6 Å². The summed E-state index contributed by atoms with van der Waals surface area (Å²) in [4.78, 5) is 0. The van der Waals surface area contributed by atoms with E-state index in [9.17, 15) is 8.78 Å². The van der Waals surface area contributed by atoms with E-state index in [-0.39, 0.29) is 18.0 Å². The summed E-state index contributed by atoms with van der Waals surface area (Å²) in [6, 6.07) is 10.9. The van der Waals surface area contributed by atoms with Crippen LogP contribution < -0.4 is 11.3 Å². The molecular weight excluding hydrogens is 314 g/mol. The highest BCUT2D eigenvalue weighted by Gasteiger charge is 2.16. The molecule has 0 spiro atoms. The van der Waals surface area contributed by atoms with Crippen LogP contribution in [-0.4, -0.2) is 0 Å². The second-order valence-electron chi connectivity index (χ2n) is 4.18. The van der Waals surface area contributed by atoms with Crippen LogP contribution in [-0.2, 0) is 6.42 Å². The van der Waals surface area contributed by atoms with Crippen LogP contribution in [0.3, 0.4) is 0 Å². The first kappa shape index (κ1) is 14.1. The largest absolute Gasteiger partial charge is 0.271 e. The predicted octanol–water partition coefficient (Wildman–Crippen LogP) is 3.47. The van der Waals surface area contributed by atoms with E-state index in [2.05, 4.69) is 21.4 Å². The zero-order valence-corrected chi connectivity index (χ0v) is 11.6. The van der Waals surface area contributed by atoms with Crippen molar-refractivity contribution in [1.82, 2.24) is 5.43 Å². The summed E-state index contributed by atoms with van der Waals surface area (Å²) < 4.78 is 28.2. The second-order valence-corrected chi connectivity index (χ2v) is 5.09. The summed E-state index contributed by atoms with van der Waals surface area (Å²) in [5, 5.41) is 0. The molecule has 100 valence electrons. The fourth-order valence-electron chi connectivity index (χ4n) is 1.90. The third-order valence-electron chi connectivity index (χ3n) is 2.94. The minimum Gasteiger partial charge on any atom is -0.271 e. The van der Waals surface area contributed by atoms with E-state index in [1.54, 1.807) is 0 Å². The van der Waals surface area contributed by atoms with E-state index in [0.29, 0.717) is 0 Å². The lowest BCUT2D eigenvalue weighted by molar-refractivity contribution is 0.500. The normalized spacial score (nSPS) is 12.4. The van der Waals surface area contributed by atoms with Gasteiger partial charge in [-0.1, -0.05) is 34.1 Å². The molecule has 2 aromatic carbocycles. The van der Waals surface area contributed by atoms with Crippen LogP contribution in [0.4, 0.5) is 8.78 Å². The lowest BCUT2D eigenvalue weighted by Gasteiger charge is -2.17. The smallest absolute Gasteiger partial charge is 0.129 e. The van der Waals surface area contributed by atoms with Gasteiger partial charge in [0.2, 0.25) is 0 Å². The molecule has 2 rings (SSSR count). The van der Waals surface area contributed by atoms with Crippen molar-refractivity contribution >= 4 is 15.9 Å². The Morgan fingerprint density at radius 3 is 2.16 bits per heavy atom. The van der Waals surface area contributed by atoms with Gasteiger partial charge in [-0.3, -0.25) is 11.3 Å². The predicted molar refractivity (Wildman–Crippen MR) is 74.3 cm³/mol. The van der Waals surface area contributed by atoms with Gasteiger partial charge < -0.3 is 0 Å². The number of hydrazine groups is 1. The summed E-state index contributed by atoms with van der Waals surface area (Å²) in [6.45, 7) is 0. The lowest BCUT2D eigenvalue weighted by Crippen LogP contribution is -2.30. The van der Waals surface area contributed by atoms with Gasteiger partial charge in [-0.05, 0) is 36.2 Å². The van der Waals surface area contributed by atoms with Crippen molar-refractivity contribution < 1.29 is 8.78 Å². The van der Waals surface area contributed by atoms with E-state index in [0.717, 1.165) is 10.0 Å². The fraction of sp³-hybridized carbons (Fsp3) is 0.143. The number of rotatable bonds is 4. The molecule has 0 aliphatic carbocycles. The monoisotopic (exact) mass is 326 g/mol. The number of halogens is 3. The van der Waals surface area contributed by atoms with Crippen molar-refractivity contribution in [2.24, 2.45) is 5.84 Å². The van der Waals surface area contributed by atoms with Crippen molar-refractivity contribution in [3.8, 4) is 0 Å². The summed E-state index contributed by atoms with van der Waals surface area (Å²) >= 11 is 3.33. The Morgan fingerprint density at radius 2 is 1.63 bits per heavy atom. The maximum atomic E-state index is 13.6. The first-order valence-corrected chi connectivity index (χ1v) is 6.55. The lowest BCUT2D eigenvalue weighted by atomic mass is 9.99. The highest BCUT2D eigenvalue weighted by molar-refractivity contribution is 9.10. The standard InChI is InChI=1S/C14H13BrF2N2/c15-10-6-4-9(5-7-10)14(19-18)8-11-12(16)2-1-3-13(11)17/h1-7,14,19H,8,18H2. The molecule has 1 atom stereocenters. The van der Waals surface area contributed by atoms with Gasteiger partial charge in [0.25, 0.3) is 0 Å². The summed E-state index contributed by atoms with van der Waals surface area (Å²) in [7, 11) is 0. The van der Waals surface area contributed by atoms with Gasteiger partial charge in [-0.15, -0.1) is 0 Å². The Bertz CT molecular complexity index is 538. The average molecular weight is 327 g/mol. The maximum absolute atomic E-state index is 13.6. The van der Waals surface area contributed by atoms with Crippen molar-refractivity contribution in [3.63, 3.8) is 0 Å². The third kappa shape index (κ3) is 3.37. The van der Waals surface area contributed by atoms with Crippen LogP contribution in [0.15, 0.2) is 46.9 Å². The van der Waals surface area contributed by atoms with E-state index >= 15 is 0 Å². The average Bonchev–Trinajstić information content (AvgIpc) is 2.40. The first-order valence-electron chi connectivity index (χ1n) is 5.76. The molecule has 0 aliphatic rings. The Labute approximate surface area is 118 Å². The second kappa shape index (κ2) is 6.23. The van der Waals surface area contributed by atoms with Gasteiger partial charge >= 0.3 is 0 Å². The highest BCUT2D eigenvalue weighted by atomic mass is 79.9.